The Balaban J connectivity index is 1.68. The molecule has 0 saturated heterocycles. The van der Waals surface area contributed by atoms with E-state index >= 15 is 0 Å². The summed E-state index contributed by atoms with van der Waals surface area (Å²) >= 11 is 5.91. The van der Waals surface area contributed by atoms with E-state index in [1.807, 2.05) is 12.1 Å². The Morgan fingerprint density at radius 2 is 1.56 bits per heavy atom. The molecule has 0 spiro atoms. The Labute approximate surface area is 217 Å². The highest BCUT2D eigenvalue weighted by Crippen LogP contribution is 2.40. The number of hydrogen-bond donors (Lipinski definition) is 1. The highest BCUT2D eigenvalue weighted by molar-refractivity contribution is 7.80. The van der Waals surface area contributed by atoms with Gasteiger partial charge in [-0.3, -0.25) is 4.90 Å². The zero-order valence-electron chi connectivity index (χ0n) is 21.5. The number of aromatic nitrogens is 2. The number of nitrogens with one attached hydrogen (secondary N) is 1. The molecule has 0 fully saturated rings. The van der Waals surface area contributed by atoms with Gasteiger partial charge in [-0.05, 0) is 99.8 Å². The van der Waals surface area contributed by atoms with Crippen molar-refractivity contribution >= 4 is 28.6 Å². The molecule has 4 aromatic rings. The van der Waals surface area contributed by atoms with Gasteiger partial charge in [0.25, 0.3) is 5.89 Å². The molecule has 1 unspecified atom stereocenters. The molecule has 0 radical (unpaired) electrons. The average molecular weight is 495 g/mol. The summed E-state index contributed by atoms with van der Waals surface area (Å²) in [5.41, 5.74) is 11.0. The SMILES string of the molecule is CC1=C(c2nc(-c3cccc(C)c3)no2)C(c2ccc(C)c(C)c2)NC(=S)N1c1ccc(C)c(C)c1. The molecular formula is C30H30N4OS. The van der Waals surface area contributed by atoms with Gasteiger partial charge in [-0.2, -0.15) is 4.98 Å². The maximum atomic E-state index is 5.91. The van der Waals surface area contributed by atoms with Gasteiger partial charge in [-0.15, -0.1) is 0 Å². The molecule has 36 heavy (non-hydrogen) atoms. The van der Waals surface area contributed by atoms with Crippen LogP contribution in [0, 0.1) is 34.6 Å². The first-order valence-electron chi connectivity index (χ1n) is 12.1. The van der Waals surface area contributed by atoms with Crippen LogP contribution in [0.5, 0.6) is 0 Å². The molecule has 3 aromatic carbocycles. The number of allylic oxidation sites excluding steroid dienone is 1. The van der Waals surface area contributed by atoms with Crippen molar-refractivity contribution < 1.29 is 4.52 Å². The Kier molecular flexibility index (Phi) is 6.22. The molecular weight excluding hydrogens is 464 g/mol. The van der Waals surface area contributed by atoms with Gasteiger partial charge in [0.05, 0.1) is 11.6 Å². The molecule has 5 rings (SSSR count). The molecule has 0 saturated carbocycles. The van der Waals surface area contributed by atoms with Gasteiger partial charge in [-0.1, -0.05) is 53.2 Å². The number of anilines is 1. The van der Waals surface area contributed by atoms with E-state index in [9.17, 15) is 0 Å². The second-order valence-corrected chi connectivity index (χ2v) is 10.0. The Morgan fingerprint density at radius 3 is 2.25 bits per heavy atom. The first-order valence-corrected chi connectivity index (χ1v) is 12.5. The smallest absolute Gasteiger partial charge is 0.258 e. The molecule has 2 heterocycles. The van der Waals surface area contributed by atoms with Crippen LogP contribution in [0.4, 0.5) is 5.69 Å². The highest BCUT2D eigenvalue weighted by atomic mass is 32.1. The fourth-order valence-corrected chi connectivity index (χ4v) is 4.98. The number of benzene rings is 3. The molecule has 182 valence electrons. The van der Waals surface area contributed by atoms with E-state index in [0.717, 1.165) is 33.6 Å². The highest BCUT2D eigenvalue weighted by Gasteiger charge is 2.35. The van der Waals surface area contributed by atoms with Gasteiger partial charge in [0.1, 0.15) is 0 Å². The minimum absolute atomic E-state index is 0.217. The maximum Gasteiger partial charge on any atom is 0.258 e. The largest absolute Gasteiger partial charge is 0.351 e. The van der Waals surface area contributed by atoms with E-state index < -0.39 is 0 Å². The van der Waals surface area contributed by atoms with Crippen LogP contribution in [0.2, 0.25) is 0 Å². The van der Waals surface area contributed by atoms with E-state index in [2.05, 4.69) is 105 Å². The van der Waals surface area contributed by atoms with Crippen molar-refractivity contribution in [1.29, 1.82) is 0 Å². The van der Waals surface area contributed by atoms with E-state index in [-0.39, 0.29) is 6.04 Å². The second-order valence-electron chi connectivity index (χ2n) is 9.62. The van der Waals surface area contributed by atoms with Gasteiger partial charge >= 0.3 is 0 Å². The van der Waals surface area contributed by atoms with Crippen LogP contribution in [0.1, 0.15) is 52.2 Å². The number of hydrogen-bond acceptors (Lipinski definition) is 4. The third-order valence-corrected chi connectivity index (χ3v) is 7.33. The van der Waals surface area contributed by atoms with Crippen LogP contribution in [0.3, 0.4) is 0 Å². The minimum Gasteiger partial charge on any atom is -0.351 e. The van der Waals surface area contributed by atoms with Gasteiger partial charge in [0, 0.05) is 16.9 Å². The molecule has 1 aromatic heterocycles. The van der Waals surface area contributed by atoms with Crippen molar-refractivity contribution in [3.05, 3.63) is 106 Å². The standard InChI is InChI=1S/C30H30N4OS/c1-17-8-7-9-24(14-17)28-32-29(35-33-28)26-22(6)34(25-13-11-19(3)21(5)16-25)30(36)31-27(26)23-12-10-18(2)20(4)15-23/h7-16,27H,1-6H3,(H,31,36). The number of nitrogens with zero attached hydrogens (tertiary/aromatic N) is 3. The monoisotopic (exact) mass is 494 g/mol. The van der Waals surface area contributed by atoms with Crippen molar-refractivity contribution in [2.75, 3.05) is 4.90 Å². The van der Waals surface area contributed by atoms with Crippen LogP contribution < -0.4 is 10.2 Å². The summed E-state index contributed by atoms with van der Waals surface area (Å²) in [6.07, 6.45) is 0. The van der Waals surface area contributed by atoms with E-state index in [4.69, 9.17) is 21.7 Å². The third kappa shape index (κ3) is 4.33. The number of thiocarbonyl (C=S) groups is 1. The zero-order valence-corrected chi connectivity index (χ0v) is 22.3. The Bertz CT molecular complexity index is 1520. The quantitative estimate of drug-likeness (QED) is 0.304. The summed E-state index contributed by atoms with van der Waals surface area (Å²) in [6.45, 7) is 12.6. The van der Waals surface area contributed by atoms with Crippen LogP contribution >= 0.6 is 12.2 Å². The lowest BCUT2D eigenvalue weighted by atomic mass is 9.92. The summed E-state index contributed by atoms with van der Waals surface area (Å²) in [5, 5.41) is 8.55. The van der Waals surface area contributed by atoms with Crippen LogP contribution in [0.25, 0.3) is 17.0 Å². The summed E-state index contributed by atoms with van der Waals surface area (Å²) in [6, 6.07) is 20.8. The summed E-state index contributed by atoms with van der Waals surface area (Å²) in [5.74, 6) is 1.05. The van der Waals surface area contributed by atoms with E-state index in [0.29, 0.717) is 16.8 Å². The third-order valence-electron chi connectivity index (χ3n) is 7.03. The molecule has 1 atom stereocenters. The summed E-state index contributed by atoms with van der Waals surface area (Å²) < 4.78 is 5.91. The molecule has 0 amide bonds. The summed E-state index contributed by atoms with van der Waals surface area (Å²) in [4.78, 5) is 6.91. The molecule has 6 heteroatoms. The molecule has 0 bridgehead atoms. The first kappa shape index (κ1) is 23.9. The topological polar surface area (TPSA) is 54.2 Å². The predicted octanol–water partition coefficient (Wildman–Crippen LogP) is 7.15. The van der Waals surface area contributed by atoms with E-state index in [1.54, 1.807) is 0 Å². The fourth-order valence-electron chi connectivity index (χ4n) is 4.62. The molecule has 5 nitrogen and oxygen atoms in total. The number of rotatable bonds is 4. The lowest BCUT2D eigenvalue weighted by Crippen LogP contribution is -2.46. The van der Waals surface area contributed by atoms with E-state index in [1.165, 1.54) is 22.3 Å². The van der Waals surface area contributed by atoms with Crippen molar-refractivity contribution in [2.45, 2.75) is 47.6 Å². The molecule has 1 N–H and O–H groups in total. The van der Waals surface area contributed by atoms with Crippen LogP contribution in [0.15, 0.2) is 70.9 Å². The molecule has 1 aliphatic heterocycles. The average Bonchev–Trinajstić information content (AvgIpc) is 3.32. The maximum absolute atomic E-state index is 5.91. The molecule has 1 aliphatic rings. The lowest BCUT2D eigenvalue weighted by molar-refractivity contribution is 0.404. The minimum atomic E-state index is -0.217. The first-order chi connectivity index (χ1) is 17.2. The lowest BCUT2D eigenvalue weighted by Gasteiger charge is -2.37. The van der Waals surface area contributed by atoms with Crippen molar-refractivity contribution in [3.63, 3.8) is 0 Å². The van der Waals surface area contributed by atoms with Gasteiger partial charge < -0.3 is 9.84 Å². The molecule has 0 aliphatic carbocycles. The number of aryl methyl sites for hydroxylation is 5. The fraction of sp³-hybridized carbons (Fsp3) is 0.233. The normalized spacial score (nSPS) is 15.9. The zero-order chi connectivity index (χ0) is 25.6. The van der Waals surface area contributed by atoms with Crippen molar-refractivity contribution in [2.24, 2.45) is 0 Å². The second kappa shape index (κ2) is 9.36. The van der Waals surface area contributed by atoms with Crippen molar-refractivity contribution in [1.82, 2.24) is 15.5 Å². The van der Waals surface area contributed by atoms with Gasteiger partial charge in [0.15, 0.2) is 5.11 Å². The Morgan fingerprint density at radius 1 is 0.833 bits per heavy atom. The Hall–Kier alpha value is -3.77. The predicted molar refractivity (Wildman–Crippen MR) is 150 cm³/mol. The summed E-state index contributed by atoms with van der Waals surface area (Å²) in [7, 11) is 0. The van der Waals surface area contributed by atoms with Crippen LogP contribution in [-0.4, -0.2) is 15.3 Å². The van der Waals surface area contributed by atoms with Gasteiger partial charge in [0.2, 0.25) is 5.82 Å². The van der Waals surface area contributed by atoms with Gasteiger partial charge in [-0.25, -0.2) is 0 Å². The van der Waals surface area contributed by atoms with Crippen molar-refractivity contribution in [3.8, 4) is 11.4 Å². The van der Waals surface area contributed by atoms with Crippen LogP contribution in [-0.2, 0) is 0 Å².